The third-order valence-electron chi connectivity index (χ3n) is 3.46. The van der Waals surface area contributed by atoms with Crippen LogP contribution in [0.1, 0.15) is 5.56 Å². The number of rotatable bonds is 5. The van der Waals surface area contributed by atoms with Gasteiger partial charge < -0.3 is 10.4 Å². The number of aliphatic hydroxyl groups is 1. The Labute approximate surface area is 132 Å². The topological polar surface area (TPSA) is 87.5 Å². The van der Waals surface area contributed by atoms with Crippen LogP contribution in [0.3, 0.4) is 0 Å². The normalized spacial score (nSPS) is 14.3. The summed E-state index contributed by atoms with van der Waals surface area (Å²) in [6, 6.07) is 7.34. The third-order valence-corrected chi connectivity index (χ3v) is 3.46. The fourth-order valence-electron chi connectivity index (χ4n) is 2.32. The van der Waals surface area contributed by atoms with Crippen LogP contribution in [0.25, 0.3) is 5.69 Å². The number of aryl methyl sites for hydroxylation is 1. The van der Waals surface area contributed by atoms with Crippen molar-refractivity contribution in [2.24, 2.45) is 0 Å². The Morgan fingerprint density at radius 2 is 1.96 bits per heavy atom. The van der Waals surface area contributed by atoms with Crippen LogP contribution in [0.2, 0.25) is 0 Å². The molecule has 0 saturated heterocycles. The van der Waals surface area contributed by atoms with E-state index in [2.05, 4.69) is 10.4 Å². The van der Waals surface area contributed by atoms with E-state index in [4.69, 9.17) is 5.11 Å². The maximum absolute atomic E-state index is 12.1. The first-order valence-electron chi connectivity index (χ1n) is 7.15. The van der Waals surface area contributed by atoms with Crippen LogP contribution < -0.4 is 5.32 Å². The first kappa shape index (κ1) is 15.0. The lowest BCUT2D eigenvalue weighted by molar-refractivity contribution is -0.137. The van der Waals surface area contributed by atoms with Gasteiger partial charge in [0, 0.05) is 18.0 Å². The molecule has 0 spiro atoms. The molecule has 0 atom stereocenters. The molecule has 7 nitrogen and oxygen atoms in total. The van der Waals surface area contributed by atoms with Crippen molar-refractivity contribution < 1.29 is 14.7 Å². The number of amides is 2. The molecule has 0 aliphatic carbocycles. The number of β-amino-alcohol motifs (C(OH)–C–C–N with tert-alkyl or cyclic N) is 1. The number of hydrogen-bond donors (Lipinski definition) is 2. The molecule has 3 rings (SSSR count). The number of anilines is 1. The zero-order valence-electron chi connectivity index (χ0n) is 12.6. The SMILES string of the molecule is Cc1cnn(-c2ccc(NC3=CC(=O)N(CCO)C3=O)cc2)c1. The highest BCUT2D eigenvalue weighted by Crippen LogP contribution is 2.18. The Balaban J connectivity index is 1.73. The Morgan fingerprint density at radius 1 is 1.22 bits per heavy atom. The van der Waals surface area contributed by atoms with Gasteiger partial charge in [0.15, 0.2) is 0 Å². The smallest absolute Gasteiger partial charge is 0.277 e. The first-order valence-corrected chi connectivity index (χ1v) is 7.15. The molecule has 0 fully saturated rings. The van der Waals surface area contributed by atoms with Crippen molar-refractivity contribution in [1.82, 2.24) is 14.7 Å². The van der Waals surface area contributed by atoms with E-state index in [0.29, 0.717) is 5.69 Å². The number of benzene rings is 1. The van der Waals surface area contributed by atoms with Gasteiger partial charge >= 0.3 is 0 Å². The molecular weight excluding hydrogens is 296 g/mol. The second kappa shape index (κ2) is 6.05. The van der Waals surface area contributed by atoms with Crippen molar-refractivity contribution in [3.63, 3.8) is 0 Å². The van der Waals surface area contributed by atoms with Crippen LogP contribution in [-0.2, 0) is 9.59 Å². The van der Waals surface area contributed by atoms with Gasteiger partial charge in [-0.2, -0.15) is 5.10 Å². The molecule has 1 aromatic carbocycles. The molecule has 1 aliphatic heterocycles. The van der Waals surface area contributed by atoms with E-state index in [1.807, 2.05) is 25.3 Å². The van der Waals surface area contributed by atoms with Gasteiger partial charge in [0.25, 0.3) is 11.8 Å². The number of aliphatic hydroxyl groups excluding tert-OH is 1. The van der Waals surface area contributed by atoms with Crippen molar-refractivity contribution in [2.45, 2.75) is 6.92 Å². The molecule has 2 aromatic rings. The maximum atomic E-state index is 12.1. The number of nitrogens with one attached hydrogen (secondary N) is 1. The van der Waals surface area contributed by atoms with Crippen molar-refractivity contribution >= 4 is 17.5 Å². The molecule has 2 N–H and O–H groups in total. The molecule has 7 heteroatoms. The van der Waals surface area contributed by atoms with Crippen molar-refractivity contribution in [3.05, 3.63) is 54.0 Å². The minimum atomic E-state index is -0.434. The molecule has 0 unspecified atom stereocenters. The molecule has 118 valence electrons. The molecule has 1 aromatic heterocycles. The van der Waals surface area contributed by atoms with Gasteiger partial charge in [-0.15, -0.1) is 0 Å². The van der Waals surface area contributed by atoms with Gasteiger partial charge in [0.2, 0.25) is 0 Å². The molecule has 2 amide bonds. The maximum Gasteiger partial charge on any atom is 0.277 e. The minimum Gasteiger partial charge on any atom is -0.395 e. The van der Waals surface area contributed by atoms with Crippen LogP contribution in [-0.4, -0.2) is 44.8 Å². The van der Waals surface area contributed by atoms with Gasteiger partial charge in [-0.1, -0.05) is 0 Å². The highest BCUT2D eigenvalue weighted by atomic mass is 16.3. The Hall–Kier alpha value is -2.93. The Kier molecular flexibility index (Phi) is 3.94. The van der Waals surface area contributed by atoms with Crippen LogP contribution in [0, 0.1) is 6.92 Å². The molecular formula is C16H16N4O3. The van der Waals surface area contributed by atoms with Gasteiger partial charge in [0.1, 0.15) is 5.70 Å². The number of carbonyl (C=O) groups excluding carboxylic acids is 2. The van der Waals surface area contributed by atoms with Gasteiger partial charge in [0.05, 0.1) is 25.0 Å². The van der Waals surface area contributed by atoms with Crippen molar-refractivity contribution in [1.29, 1.82) is 0 Å². The minimum absolute atomic E-state index is 0.00304. The van der Waals surface area contributed by atoms with Crippen molar-refractivity contribution in [3.8, 4) is 5.69 Å². The van der Waals surface area contributed by atoms with E-state index in [1.54, 1.807) is 23.0 Å². The van der Waals surface area contributed by atoms with Crippen LogP contribution in [0.15, 0.2) is 48.4 Å². The predicted molar refractivity (Wildman–Crippen MR) is 83.8 cm³/mol. The van der Waals surface area contributed by atoms with Crippen LogP contribution >= 0.6 is 0 Å². The van der Waals surface area contributed by atoms with Gasteiger partial charge in [-0.3, -0.25) is 14.5 Å². The summed E-state index contributed by atoms with van der Waals surface area (Å²) in [5.41, 5.74) is 2.85. The number of nitrogens with zero attached hydrogens (tertiary/aromatic N) is 3. The van der Waals surface area contributed by atoms with E-state index in [9.17, 15) is 9.59 Å². The summed E-state index contributed by atoms with van der Waals surface area (Å²) in [5.74, 6) is -0.856. The Morgan fingerprint density at radius 3 is 2.57 bits per heavy atom. The molecule has 1 aliphatic rings. The summed E-state index contributed by atoms with van der Waals surface area (Å²) in [5, 5.41) is 16.0. The first-order chi connectivity index (χ1) is 11.1. The van der Waals surface area contributed by atoms with Gasteiger partial charge in [-0.25, -0.2) is 4.68 Å². The monoisotopic (exact) mass is 312 g/mol. The van der Waals surface area contributed by atoms with Crippen molar-refractivity contribution in [2.75, 3.05) is 18.5 Å². The predicted octanol–water partition coefficient (Wildman–Crippen LogP) is 0.838. The number of hydrogen-bond acceptors (Lipinski definition) is 5. The lowest BCUT2D eigenvalue weighted by atomic mass is 10.2. The highest BCUT2D eigenvalue weighted by Gasteiger charge is 2.30. The highest BCUT2D eigenvalue weighted by molar-refractivity contribution is 6.17. The standard InChI is InChI=1S/C16H16N4O3/c1-11-9-17-20(10-11)13-4-2-12(3-5-13)18-14-8-15(22)19(6-7-21)16(14)23/h2-5,8-10,18,21H,6-7H2,1H3. The summed E-state index contributed by atoms with van der Waals surface area (Å²) in [7, 11) is 0. The average Bonchev–Trinajstić information content (AvgIpc) is 3.08. The fraction of sp³-hybridized carbons (Fsp3) is 0.188. The average molecular weight is 312 g/mol. The zero-order chi connectivity index (χ0) is 16.4. The second-order valence-corrected chi connectivity index (χ2v) is 5.21. The van der Waals surface area contributed by atoms with E-state index in [-0.39, 0.29) is 18.8 Å². The zero-order valence-corrected chi connectivity index (χ0v) is 12.6. The molecule has 2 heterocycles. The van der Waals surface area contributed by atoms with E-state index < -0.39 is 11.8 Å². The summed E-state index contributed by atoms with van der Waals surface area (Å²) >= 11 is 0. The van der Waals surface area contributed by atoms with E-state index >= 15 is 0 Å². The lowest BCUT2D eigenvalue weighted by Gasteiger charge is -2.13. The van der Waals surface area contributed by atoms with Crippen LogP contribution in [0.5, 0.6) is 0 Å². The summed E-state index contributed by atoms with van der Waals surface area (Å²) in [6.07, 6.45) is 4.93. The molecule has 0 radical (unpaired) electrons. The van der Waals surface area contributed by atoms with E-state index in [1.165, 1.54) is 6.08 Å². The largest absolute Gasteiger partial charge is 0.395 e. The molecule has 23 heavy (non-hydrogen) atoms. The van der Waals surface area contributed by atoms with E-state index in [0.717, 1.165) is 16.2 Å². The van der Waals surface area contributed by atoms with Crippen LogP contribution in [0.4, 0.5) is 5.69 Å². The number of imide groups is 1. The summed E-state index contributed by atoms with van der Waals surface area (Å²) in [4.78, 5) is 24.7. The lowest BCUT2D eigenvalue weighted by Crippen LogP contribution is -2.34. The number of aromatic nitrogens is 2. The quantitative estimate of drug-likeness (QED) is 0.799. The summed E-state index contributed by atoms with van der Waals surface area (Å²) in [6.45, 7) is 1.71. The Bertz CT molecular complexity index is 777. The molecule has 0 bridgehead atoms. The fourth-order valence-corrected chi connectivity index (χ4v) is 2.32. The number of carbonyl (C=O) groups is 2. The summed E-state index contributed by atoms with van der Waals surface area (Å²) < 4.78 is 1.76. The third kappa shape index (κ3) is 3.00. The second-order valence-electron chi connectivity index (χ2n) is 5.21. The van der Waals surface area contributed by atoms with Gasteiger partial charge in [-0.05, 0) is 36.8 Å². The molecule has 0 saturated carbocycles.